The van der Waals surface area contributed by atoms with Gasteiger partial charge in [0.1, 0.15) is 0 Å². The molecule has 2 heteroatoms. The molecule has 12 heavy (non-hydrogen) atoms. The second-order valence-electron chi connectivity index (χ2n) is 4.32. The van der Waals surface area contributed by atoms with Gasteiger partial charge in [0.05, 0.1) is 0 Å². The fourth-order valence-corrected chi connectivity index (χ4v) is 2.50. The molecular formula is C10H20N2. The highest BCUT2D eigenvalue weighted by Gasteiger charge is 2.36. The lowest BCUT2D eigenvalue weighted by Crippen LogP contribution is -2.34. The fraction of sp³-hybridized carbons (Fsp3) is 1.00. The third kappa shape index (κ3) is 1.38. The Hall–Kier alpha value is -0.0800. The topological polar surface area (TPSA) is 15.3 Å². The van der Waals surface area contributed by atoms with Crippen molar-refractivity contribution in [1.82, 2.24) is 10.2 Å². The molecule has 2 aliphatic rings. The molecule has 2 heterocycles. The van der Waals surface area contributed by atoms with Gasteiger partial charge in [-0.2, -0.15) is 0 Å². The maximum Gasteiger partial charge on any atom is 0.0236 e. The van der Waals surface area contributed by atoms with Crippen LogP contribution in [0.1, 0.15) is 26.7 Å². The molecule has 3 atom stereocenters. The molecule has 0 bridgehead atoms. The van der Waals surface area contributed by atoms with Gasteiger partial charge in [0.15, 0.2) is 0 Å². The van der Waals surface area contributed by atoms with Gasteiger partial charge in [-0.1, -0.05) is 6.92 Å². The highest BCUT2D eigenvalue weighted by Crippen LogP contribution is 2.26. The zero-order valence-corrected chi connectivity index (χ0v) is 8.21. The molecule has 0 unspecified atom stereocenters. The van der Waals surface area contributed by atoms with Crippen LogP contribution in [0.5, 0.6) is 0 Å². The summed E-state index contributed by atoms with van der Waals surface area (Å²) >= 11 is 0. The summed E-state index contributed by atoms with van der Waals surface area (Å²) in [5, 5.41) is 3.59. The molecule has 1 N–H and O–H groups in total. The lowest BCUT2D eigenvalue weighted by atomic mass is 10.1. The zero-order valence-electron chi connectivity index (χ0n) is 8.21. The predicted molar refractivity (Wildman–Crippen MR) is 51.2 cm³/mol. The van der Waals surface area contributed by atoms with E-state index < -0.39 is 0 Å². The predicted octanol–water partition coefficient (Wildman–Crippen LogP) is 1.08. The summed E-state index contributed by atoms with van der Waals surface area (Å²) < 4.78 is 0. The summed E-state index contributed by atoms with van der Waals surface area (Å²) in [6, 6.07) is 1.61. The minimum Gasteiger partial charge on any atom is -0.312 e. The number of rotatable bonds is 2. The van der Waals surface area contributed by atoms with E-state index in [-0.39, 0.29) is 0 Å². The van der Waals surface area contributed by atoms with Crippen molar-refractivity contribution in [3.8, 4) is 0 Å². The van der Waals surface area contributed by atoms with Crippen molar-refractivity contribution >= 4 is 0 Å². The SMILES string of the molecule is CC[C@@H](C)N1C[C@H]2CCN[C@H]2C1. The third-order valence-electron chi connectivity index (χ3n) is 3.61. The molecule has 2 nitrogen and oxygen atoms in total. The number of hydrogen-bond donors (Lipinski definition) is 1. The monoisotopic (exact) mass is 168 g/mol. The van der Waals surface area contributed by atoms with Crippen LogP contribution in [0.2, 0.25) is 0 Å². The lowest BCUT2D eigenvalue weighted by Gasteiger charge is -2.23. The molecule has 0 aliphatic carbocycles. The minimum absolute atomic E-state index is 0.789. The Kier molecular flexibility index (Phi) is 2.37. The molecule has 0 saturated carbocycles. The number of likely N-dealkylation sites (tertiary alicyclic amines) is 1. The Morgan fingerprint density at radius 1 is 1.50 bits per heavy atom. The van der Waals surface area contributed by atoms with Crippen LogP contribution >= 0.6 is 0 Å². The number of nitrogens with one attached hydrogen (secondary N) is 1. The van der Waals surface area contributed by atoms with E-state index in [2.05, 4.69) is 24.1 Å². The molecule has 0 amide bonds. The average molecular weight is 168 g/mol. The summed E-state index contributed by atoms with van der Waals surface area (Å²) in [4.78, 5) is 2.64. The highest BCUT2D eigenvalue weighted by atomic mass is 15.2. The Bertz CT molecular complexity index is 146. The van der Waals surface area contributed by atoms with E-state index in [4.69, 9.17) is 0 Å². The number of fused-ring (bicyclic) bond motifs is 1. The molecule has 2 fully saturated rings. The van der Waals surface area contributed by atoms with Crippen LogP contribution in [0.15, 0.2) is 0 Å². The smallest absolute Gasteiger partial charge is 0.0236 e. The lowest BCUT2D eigenvalue weighted by molar-refractivity contribution is 0.236. The summed E-state index contributed by atoms with van der Waals surface area (Å²) in [6.45, 7) is 8.52. The molecule has 2 rings (SSSR count). The van der Waals surface area contributed by atoms with Gasteiger partial charge in [-0.25, -0.2) is 0 Å². The molecule has 0 aromatic rings. The van der Waals surface area contributed by atoms with E-state index in [9.17, 15) is 0 Å². The Morgan fingerprint density at radius 3 is 3.00 bits per heavy atom. The quantitative estimate of drug-likeness (QED) is 0.663. The zero-order chi connectivity index (χ0) is 8.55. The van der Waals surface area contributed by atoms with Gasteiger partial charge >= 0.3 is 0 Å². The van der Waals surface area contributed by atoms with Crippen molar-refractivity contribution in [2.24, 2.45) is 5.92 Å². The van der Waals surface area contributed by atoms with Gasteiger partial charge in [0.25, 0.3) is 0 Å². The van der Waals surface area contributed by atoms with Crippen LogP contribution in [0.25, 0.3) is 0 Å². The van der Waals surface area contributed by atoms with Crippen LogP contribution in [-0.4, -0.2) is 36.6 Å². The van der Waals surface area contributed by atoms with Crippen molar-refractivity contribution in [1.29, 1.82) is 0 Å². The molecule has 0 aromatic carbocycles. The van der Waals surface area contributed by atoms with E-state index in [0.29, 0.717) is 0 Å². The van der Waals surface area contributed by atoms with E-state index in [0.717, 1.165) is 18.0 Å². The first kappa shape index (κ1) is 8.52. The van der Waals surface area contributed by atoms with Crippen LogP contribution in [-0.2, 0) is 0 Å². The van der Waals surface area contributed by atoms with E-state index >= 15 is 0 Å². The second-order valence-corrected chi connectivity index (χ2v) is 4.32. The van der Waals surface area contributed by atoms with Gasteiger partial charge in [-0.3, -0.25) is 4.90 Å². The molecule has 0 aromatic heterocycles. The van der Waals surface area contributed by atoms with Crippen molar-refractivity contribution in [3.05, 3.63) is 0 Å². The van der Waals surface area contributed by atoms with Gasteiger partial charge in [0.2, 0.25) is 0 Å². The number of hydrogen-bond acceptors (Lipinski definition) is 2. The van der Waals surface area contributed by atoms with Crippen LogP contribution in [0.4, 0.5) is 0 Å². The minimum atomic E-state index is 0.789. The Morgan fingerprint density at radius 2 is 2.33 bits per heavy atom. The Balaban J connectivity index is 1.90. The summed E-state index contributed by atoms with van der Waals surface area (Å²) in [5.41, 5.74) is 0. The normalized spacial score (nSPS) is 38.5. The summed E-state index contributed by atoms with van der Waals surface area (Å²) in [5.74, 6) is 0.957. The largest absolute Gasteiger partial charge is 0.312 e. The van der Waals surface area contributed by atoms with Gasteiger partial charge in [-0.05, 0) is 32.2 Å². The molecule has 2 aliphatic heterocycles. The van der Waals surface area contributed by atoms with Crippen molar-refractivity contribution in [3.63, 3.8) is 0 Å². The first-order valence-electron chi connectivity index (χ1n) is 5.28. The first-order valence-corrected chi connectivity index (χ1v) is 5.28. The average Bonchev–Trinajstić information content (AvgIpc) is 2.60. The summed E-state index contributed by atoms with van der Waals surface area (Å²) in [6.07, 6.45) is 2.69. The van der Waals surface area contributed by atoms with Crippen LogP contribution in [0, 0.1) is 5.92 Å². The van der Waals surface area contributed by atoms with Crippen LogP contribution < -0.4 is 5.32 Å². The second kappa shape index (κ2) is 3.35. The molecular weight excluding hydrogens is 148 g/mol. The highest BCUT2D eigenvalue weighted by molar-refractivity contribution is 4.94. The maximum absolute atomic E-state index is 3.59. The first-order chi connectivity index (χ1) is 5.81. The van der Waals surface area contributed by atoms with Crippen LogP contribution in [0.3, 0.4) is 0 Å². The molecule has 0 radical (unpaired) electrons. The van der Waals surface area contributed by atoms with E-state index in [1.165, 1.54) is 32.5 Å². The molecule has 2 saturated heterocycles. The van der Waals surface area contributed by atoms with E-state index in [1.54, 1.807) is 0 Å². The molecule has 0 spiro atoms. The van der Waals surface area contributed by atoms with Crippen molar-refractivity contribution in [2.75, 3.05) is 19.6 Å². The standard InChI is InChI=1S/C10H20N2/c1-3-8(2)12-6-9-4-5-11-10(9)7-12/h8-11H,3-7H2,1-2H3/t8-,9-,10+/m1/s1. The van der Waals surface area contributed by atoms with Gasteiger partial charge in [0, 0.05) is 25.2 Å². The fourth-order valence-electron chi connectivity index (χ4n) is 2.50. The van der Waals surface area contributed by atoms with Crippen molar-refractivity contribution in [2.45, 2.75) is 38.8 Å². The summed E-state index contributed by atoms with van der Waals surface area (Å²) in [7, 11) is 0. The van der Waals surface area contributed by atoms with Gasteiger partial charge in [-0.15, -0.1) is 0 Å². The Labute approximate surface area is 75.3 Å². The van der Waals surface area contributed by atoms with E-state index in [1.807, 2.05) is 0 Å². The third-order valence-corrected chi connectivity index (χ3v) is 3.61. The molecule has 70 valence electrons. The van der Waals surface area contributed by atoms with Crippen molar-refractivity contribution < 1.29 is 0 Å². The van der Waals surface area contributed by atoms with Gasteiger partial charge < -0.3 is 5.32 Å². The maximum atomic E-state index is 3.59. The number of nitrogens with zero attached hydrogens (tertiary/aromatic N) is 1.